The highest BCUT2D eigenvalue weighted by atomic mass is 32.1. The topological polar surface area (TPSA) is 9.23 Å². The van der Waals surface area contributed by atoms with Crippen LogP contribution in [-0.2, 0) is 4.43 Å². The Bertz CT molecular complexity index is 96.1. The van der Waals surface area contributed by atoms with Crippen molar-refractivity contribution in [3.63, 3.8) is 0 Å². The van der Waals surface area contributed by atoms with E-state index in [4.69, 9.17) is 4.43 Å². The van der Waals surface area contributed by atoms with Crippen molar-refractivity contribution in [2.45, 2.75) is 38.9 Å². The van der Waals surface area contributed by atoms with Crippen molar-refractivity contribution in [1.29, 1.82) is 0 Å². The van der Waals surface area contributed by atoms with Crippen LogP contribution in [0.4, 0.5) is 0 Å². The van der Waals surface area contributed by atoms with Crippen LogP contribution in [0.2, 0.25) is 19.1 Å². The second-order valence-electron chi connectivity index (χ2n) is 3.37. The smallest absolute Gasteiger partial charge is 0.186 e. The Hall–Kier alpha value is 0.527. The Morgan fingerprint density at radius 2 is 1.91 bits per heavy atom. The molecule has 0 amide bonds. The summed E-state index contributed by atoms with van der Waals surface area (Å²) in [6, 6.07) is 1.28. The molecule has 0 radical (unpaired) electrons. The molecule has 1 nitrogen and oxygen atoms in total. The highest BCUT2D eigenvalue weighted by molar-refractivity contribution is 7.80. The highest BCUT2D eigenvalue weighted by Crippen LogP contribution is 2.14. The van der Waals surface area contributed by atoms with Gasteiger partial charge in [0.25, 0.3) is 0 Å². The van der Waals surface area contributed by atoms with Crippen molar-refractivity contribution < 1.29 is 4.43 Å². The molecule has 0 N–H and O–H groups in total. The molecule has 0 unspecified atom stereocenters. The predicted molar refractivity (Wildman–Crippen MR) is 57.0 cm³/mol. The lowest BCUT2D eigenvalue weighted by Crippen LogP contribution is -2.29. The minimum Gasteiger partial charge on any atom is -0.418 e. The first kappa shape index (κ1) is 11.5. The van der Waals surface area contributed by atoms with Crippen LogP contribution in [-0.4, -0.2) is 20.7 Å². The first-order chi connectivity index (χ1) is 5.12. The van der Waals surface area contributed by atoms with Crippen LogP contribution in [0.15, 0.2) is 0 Å². The molecule has 0 fully saturated rings. The zero-order valence-electron chi connectivity index (χ0n) is 7.89. The number of hydrogen-bond acceptors (Lipinski definition) is 2. The number of thiol groups is 1. The normalized spacial score (nSPS) is 12.0. The molecular formula is C8H20OSSi. The molecule has 0 aliphatic carbocycles. The van der Waals surface area contributed by atoms with E-state index in [1.807, 2.05) is 0 Å². The lowest BCUT2D eigenvalue weighted by molar-refractivity contribution is 0.328. The molecule has 0 heterocycles. The summed E-state index contributed by atoms with van der Waals surface area (Å²) in [5, 5.41) is 0. The minimum absolute atomic E-state index is 0.875. The summed E-state index contributed by atoms with van der Waals surface area (Å²) in [6.45, 7) is 7.53. The fourth-order valence-corrected chi connectivity index (χ4v) is 3.38. The Morgan fingerprint density at radius 1 is 1.27 bits per heavy atom. The monoisotopic (exact) mass is 192 g/mol. The van der Waals surface area contributed by atoms with Crippen LogP contribution >= 0.6 is 12.6 Å². The molecule has 68 valence electrons. The zero-order valence-corrected chi connectivity index (χ0v) is 9.79. The van der Waals surface area contributed by atoms with Gasteiger partial charge in [0.1, 0.15) is 0 Å². The maximum absolute atomic E-state index is 5.69. The molecule has 0 saturated heterocycles. The van der Waals surface area contributed by atoms with Gasteiger partial charge in [-0.2, -0.15) is 12.6 Å². The highest BCUT2D eigenvalue weighted by Gasteiger charge is 2.20. The lowest BCUT2D eigenvalue weighted by atomic mass is 10.4. The van der Waals surface area contributed by atoms with E-state index in [1.54, 1.807) is 0 Å². The van der Waals surface area contributed by atoms with Gasteiger partial charge in [0, 0.05) is 6.61 Å². The largest absolute Gasteiger partial charge is 0.418 e. The average molecular weight is 192 g/mol. The first-order valence-corrected chi connectivity index (χ1v) is 8.12. The van der Waals surface area contributed by atoms with E-state index in [0.29, 0.717) is 0 Å². The van der Waals surface area contributed by atoms with Crippen molar-refractivity contribution in [3.05, 3.63) is 0 Å². The number of hydrogen-bond donors (Lipinski definition) is 1. The molecule has 11 heavy (non-hydrogen) atoms. The maximum Gasteiger partial charge on any atom is 0.186 e. The summed E-state index contributed by atoms with van der Waals surface area (Å²) in [7, 11) is -1.27. The summed E-state index contributed by atoms with van der Waals surface area (Å²) in [4.78, 5) is 0. The fraction of sp³-hybridized carbons (Fsp3) is 1.00. The van der Waals surface area contributed by atoms with Crippen LogP contribution in [0.5, 0.6) is 0 Å². The third kappa shape index (κ3) is 6.91. The third-order valence-electron chi connectivity index (χ3n) is 1.72. The van der Waals surface area contributed by atoms with Crippen LogP contribution in [0.1, 0.15) is 19.8 Å². The van der Waals surface area contributed by atoms with Gasteiger partial charge in [-0.1, -0.05) is 6.42 Å². The molecular weight excluding hydrogens is 172 g/mol. The molecule has 0 bridgehead atoms. The van der Waals surface area contributed by atoms with Gasteiger partial charge in [-0.15, -0.1) is 0 Å². The Labute approximate surface area is 77.1 Å². The van der Waals surface area contributed by atoms with Crippen molar-refractivity contribution >= 4 is 20.9 Å². The van der Waals surface area contributed by atoms with Crippen LogP contribution in [0, 0.1) is 0 Å². The van der Waals surface area contributed by atoms with Crippen molar-refractivity contribution in [2.24, 2.45) is 0 Å². The third-order valence-corrected chi connectivity index (χ3v) is 4.67. The molecule has 0 saturated carbocycles. The van der Waals surface area contributed by atoms with E-state index < -0.39 is 8.32 Å². The molecule has 3 heteroatoms. The summed E-state index contributed by atoms with van der Waals surface area (Å²) in [6.07, 6.45) is 2.51. The molecule has 0 spiro atoms. The maximum atomic E-state index is 5.69. The second kappa shape index (κ2) is 6.09. The van der Waals surface area contributed by atoms with E-state index in [0.717, 1.165) is 12.4 Å². The standard InChI is InChI=1S/C8H20OSSi/c1-4-9-11(2,3)8-6-5-7-10/h10H,4-8H2,1-3H3. The predicted octanol–water partition coefficient (Wildman–Crippen LogP) is 2.94. The second-order valence-corrected chi connectivity index (χ2v) is 8.13. The van der Waals surface area contributed by atoms with Crippen molar-refractivity contribution in [2.75, 3.05) is 12.4 Å². The average Bonchev–Trinajstić information content (AvgIpc) is 1.87. The summed E-state index contributed by atoms with van der Waals surface area (Å²) >= 11 is 4.18. The van der Waals surface area contributed by atoms with Crippen LogP contribution < -0.4 is 0 Å². The van der Waals surface area contributed by atoms with Gasteiger partial charge in [-0.3, -0.25) is 0 Å². The van der Waals surface area contributed by atoms with Crippen molar-refractivity contribution in [3.8, 4) is 0 Å². The quantitative estimate of drug-likeness (QED) is 0.387. The Balaban J connectivity index is 3.38. The van der Waals surface area contributed by atoms with Crippen molar-refractivity contribution in [1.82, 2.24) is 0 Å². The number of unbranched alkanes of at least 4 members (excludes halogenated alkanes) is 1. The van der Waals surface area contributed by atoms with Gasteiger partial charge in [-0.25, -0.2) is 0 Å². The molecule has 0 aromatic heterocycles. The summed E-state index contributed by atoms with van der Waals surface area (Å²) in [5.74, 6) is 1.01. The minimum atomic E-state index is -1.27. The van der Waals surface area contributed by atoms with E-state index in [2.05, 4.69) is 32.6 Å². The fourth-order valence-electron chi connectivity index (χ4n) is 1.13. The van der Waals surface area contributed by atoms with E-state index in [1.165, 1.54) is 18.9 Å². The van der Waals surface area contributed by atoms with Gasteiger partial charge < -0.3 is 4.43 Å². The van der Waals surface area contributed by atoms with E-state index in [9.17, 15) is 0 Å². The van der Waals surface area contributed by atoms with Gasteiger partial charge >= 0.3 is 0 Å². The molecule has 0 aliphatic rings. The molecule has 0 rings (SSSR count). The molecule has 0 atom stereocenters. The Morgan fingerprint density at radius 3 is 2.36 bits per heavy atom. The van der Waals surface area contributed by atoms with Gasteiger partial charge in [0.15, 0.2) is 8.32 Å². The zero-order chi connectivity index (χ0) is 8.74. The van der Waals surface area contributed by atoms with Crippen LogP contribution in [0.25, 0.3) is 0 Å². The van der Waals surface area contributed by atoms with Gasteiger partial charge in [0.05, 0.1) is 0 Å². The number of rotatable bonds is 6. The lowest BCUT2D eigenvalue weighted by Gasteiger charge is -2.21. The van der Waals surface area contributed by atoms with Gasteiger partial charge in [-0.05, 0) is 38.2 Å². The summed E-state index contributed by atoms with van der Waals surface area (Å²) < 4.78 is 5.69. The Kier molecular flexibility index (Phi) is 6.38. The van der Waals surface area contributed by atoms with E-state index >= 15 is 0 Å². The van der Waals surface area contributed by atoms with E-state index in [-0.39, 0.29) is 0 Å². The molecule has 0 aromatic carbocycles. The van der Waals surface area contributed by atoms with Gasteiger partial charge in [0.2, 0.25) is 0 Å². The first-order valence-electron chi connectivity index (χ1n) is 4.37. The SMILES string of the molecule is CCO[Si](C)(C)CCCCS. The molecule has 0 aromatic rings. The molecule has 0 aliphatic heterocycles. The van der Waals surface area contributed by atoms with Crippen LogP contribution in [0.3, 0.4) is 0 Å². The summed E-state index contributed by atoms with van der Waals surface area (Å²) in [5.41, 5.74) is 0.